The third-order valence-corrected chi connectivity index (χ3v) is 3.00. The summed E-state index contributed by atoms with van der Waals surface area (Å²) in [5.41, 5.74) is 6.32. The summed E-state index contributed by atoms with van der Waals surface area (Å²) in [5, 5.41) is 3.13. The number of ether oxygens (including phenoxy) is 1. The van der Waals surface area contributed by atoms with Crippen LogP contribution in [0.15, 0.2) is 12.1 Å². The SMILES string of the molecule is CCN(CC)C(=O)CCNc1ccc(N)c(OC(C)C)n1. The van der Waals surface area contributed by atoms with E-state index in [9.17, 15) is 4.79 Å². The zero-order chi connectivity index (χ0) is 15.8. The number of carbonyl (C=O) groups is 1. The monoisotopic (exact) mass is 294 g/mol. The quantitative estimate of drug-likeness (QED) is 0.767. The van der Waals surface area contributed by atoms with E-state index in [0.29, 0.717) is 30.4 Å². The predicted octanol–water partition coefficient (Wildman–Crippen LogP) is 2.12. The van der Waals surface area contributed by atoms with Crippen LogP contribution < -0.4 is 15.8 Å². The zero-order valence-corrected chi connectivity index (χ0v) is 13.3. The largest absolute Gasteiger partial charge is 0.473 e. The molecule has 0 spiro atoms. The van der Waals surface area contributed by atoms with Gasteiger partial charge in [-0.2, -0.15) is 4.98 Å². The topological polar surface area (TPSA) is 80.5 Å². The van der Waals surface area contributed by atoms with Crippen molar-refractivity contribution in [3.05, 3.63) is 12.1 Å². The van der Waals surface area contributed by atoms with Crippen molar-refractivity contribution in [1.82, 2.24) is 9.88 Å². The van der Waals surface area contributed by atoms with E-state index in [1.807, 2.05) is 32.6 Å². The molecule has 0 saturated carbocycles. The lowest BCUT2D eigenvalue weighted by Crippen LogP contribution is -2.31. The first-order valence-corrected chi connectivity index (χ1v) is 7.42. The van der Waals surface area contributed by atoms with Gasteiger partial charge in [0.1, 0.15) is 5.82 Å². The molecule has 1 rings (SSSR count). The number of pyridine rings is 1. The summed E-state index contributed by atoms with van der Waals surface area (Å²) < 4.78 is 5.53. The van der Waals surface area contributed by atoms with E-state index in [1.54, 1.807) is 12.1 Å². The van der Waals surface area contributed by atoms with Crippen LogP contribution in [-0.4, -0.2) is 41.5 Å². The highest BCUT2D eigenvalue weighted by atomic mass is 16.5. The molecule has 1 heterocycles. The highest BCUT2D eigenvalue weighted by Crippen LogP contribution is 2.21. The van der Waals surface area contributed by atoms with Gasteiger partial charge in [-0.25, -0.2) is 0 Å². The molecule has 21 heavy (non-hydrogen) atoms. The van der Waals surface area contributed by atoms with Crippen LogP contribution in [-0.2, 0) is 4.79 Å². The zero-order valence-electron chi connectivity index (χ0n) is 13.3. The number of rotatable bonds is 8. The van der Waals surface area contributed by atoms with E-state index in [1.165, 1.54) is 0 Å². The Kier molecular flexibility index (Phi) is 6.78. The molecule has 1 amide bonds. The fourth-order valence-electron chi connectivity index (χ4n) is 1.90. The maximum atomic E-state index is 11.9. The molecule has 118 valence electrons. The molecule has 0 fully saturated rings. The maximum Gasteiger partial charge on any atom is 0.239 e. The van der Waals surface area contributed by atoms with Crippen LogP contribution in [0.5, 0.6) is 5.88 Å². The van der Waals surface area contributed by atoms with Gasteiger partial charge in [0.25, 0.3) is 0 Å². The average Bonchev–Trinajstić information content (AvgIpc) is 2.43. The number of amides is 1. The van der Waals surface area contributed by atoms with Gasteiger partial charge < -0.3 is 20.7 Å². The van der Waals surface area contributed by atoms with Gasteiger partial charge in [0.05, 0.1) is 11.8 Å². The second kappa shape index (κ2) is 8.34. The Balaban J connectivity index is 2.54. The molecule has 0 aromatic carbocycles. The van der Waals surface area contributed by atoms with Crippen LogP contribution in [0.2, 0.25) is 0 Å². The van der Waals surface area contributed by atoms with Crippen LogP contribution in [0, 0.1) is 0 Å². The number of nitrogens with one attached hydrogen (secondary N) is 1. The first-order valence-electron chi connectivity index (χ1n) is 7.42. The number of nitrogen functional groups attached to an aromatic ring is 1. The van der Waals surface area contributed by atoms with E-state index in [-0.39, 0.29) is 12.0 Å². The van der Waals surface area contributed by atoms with Gasteiger partial charge in [-0.15, -0.1) is 0 Å². The van der Waals surface area contributed by atoms with Gasteiger partial charge in [-0.3, -0.25) is 4.79 Å². The van der Waals surface area contributed by atoms with Gasteiger partial charge >= 0.3 is 0 Å². The van der Waals surface area contributed by atoms with Crippen LogP contribution in [0.4, 0.5) is 11.5 Å². The van der Waals surface area contributed by atoms with E-state index in [4.69, 9.17) is 10.5 Å². The van der Waals surface area contributed by atoms with Crippen molar-refractivity contribution < 1.29 is 9.53 Å². The predicted molar refractivity (Wildman–Crippen MR) is 85.4 cm³/mol. The Bertz CT molecular complexity index is 459. The van der Waals surface area contributed by atoms with Crippen molar-refractivity contribution in [3.63, 3.8) is 0 Å². The smallest absolute Gasteiger partial charge is 0.239 e. The molecule has 0 saturated heterocycles. The Hall–Kier alpha value is -1.98. The molecule has 0 aliphatic carbocycles. The summed E-state index contributed by atoms with van der Waals surface area (Å²) in [6, 6.07) is 3.53. The maximum absolute atomic E-state index is 11.9. The van der Waals surface area contributed by atoms with E-state index in [0.717, 1.165) is 13.1 Å². The number of hydrogen-bond acceptors (Lipinski definition) is 5. The van der Waals surface area contributed by atoms with Gasteiger partial charge in [0.15, 0.2) is 0 Å². The summed E-state index contributed by atoms with van der Waals surface area (Å²) in [5.74, 6) is 1.22. The lowest BCUT2D eigenvalue weighted by Gasteiger charge is -2.18. The molecule has 0 aliphatic heterocycles. The Morgan fingerprint density at radius 3 is 2.62 bits per heavy atom. The molecule has 1 aromatic heterocycles. The van der Waals surface area contributed by atoms with Crippen molar-refractivity contribution in [2.75, 3.05) is 30.7 Å². The number of nitrogens with zero attached hydrogens (tertiary/aromatic N) is 2. The fraction of sp³-hybridized carbons (Fsp3) is 0.600. The van der Waals surface area contributed by atoms with Crippen molar-refractivity contribution in [1.29, 1.82) is 0 Å². The first kappa shape index (κ1) is 17.1. The number of carbonyl (C=O) groups excluding carboxylic acids is 1. The fourth-order valence-corrected chi connectivity index (χ4v) is 1.90. The molecule has 3 N–H and O–H groups in total. The molecule has 0 radical (unpaired) electrons. The number of nitrogens with two attached hydrogens (primary N) is 1. The Labute approximate surface area is 126 Å². The molecule has 6 heteroatoms. The third-order valence-electron chi connectivity index (χ3n) is 3.00. The van der Waals surface area contributed by atoms with Gasteiger partial charge in [0.2, 0.25) is 11.8 Å². The summed E-state index contributed by atoms with van der Waals surface area (Å²) in [4.78, 5) is 18.0. The van der Waals surface area contributed by atoms with Crippen LogP contribution in [0.1, 0.15) is 34.1 Å². The average molecular weight is 294 g/mol. The number of anilines is 2. The molecular weight excluding hydrogens is 268 g/mol. The molecule has 6 nitrogen and oxygen atoms in total. The Morgan fingerprint density at radius 1 is 1.38 bits per heavy atom. The Morgan fingerprint density at radius 2 is 2.05 bits per heavy atom. The minimum atomic E-state index is 0.0132. The van der Waals surface area contributed by atoms with Gasteiger partial charge in [-0.1, -0.05) is 0 Å². The van der Waals surface area contributed by atoms with E-state index in [2.05, 4.69) is 10.3 Å². The van der Waals surface area contributed by atoms with Crippen LogP contribution >= 0.6 is 0 Å². The van der Waals surface area contributed by atoms with Crippen LogP contribution in [0.25, 0.3) is 0 Å². The minimum Gasteiger partial charge on any atom is -0.473 e. The normalized spacial score (nSPS) is 10.5. The summed E-state index contributed by atoms with van der Waals surface area (Å²) >= 11 is 0. The molecule has 0 bridgehead atoms. The molecule has 0 unspecified atom stereocenters. The van der Waals surface area contributed by atoms with E-state index < -0.39 is 0 Å². The highest BCUT2D eigenvalue weighted by molar-refractivity contribution is 5.76. The summed E-state index contributed by atoms with van der Waals surface area (Å²) in [6.45, 7) is 9.81. The third kappa shape index (κ3) is 5.49. The summed E-state index contributed by atoms with van der Waals surface area (Å²) in [7, 11) is 0. The van der Waals surface area contributed by atoms with Gasteiger partial charge in [0, 0.05) is 26.1 Å². The molecular formula is C15H26N4O2. The second-order valence-electron chi connectivity index (χ2n) is 5.00. The minimum absolute atomic E-state index is 0.0132. The van der Waals surface area contributed by atoms with Crippen molar-refractivity contribution in [2.45, 2.75) is 40.2 Å². The molecule has 0 aliphatic rings. The van der Waals surface area contributed by atoms with Crippen molar-refractivity contribution in [2.24, 2.45) is 0 Å². The lowest BCUT2D eigenvalue weighted by molar-refractivity contribution is -0.130. The van der Waals surface area contributed by atoms with Crippen LogP contribution in [0.3, 0.4) is 0 Å². The summed E-state index contributed by atoms with van der Waals surface area (Å²) in [6.07, 6.45) is 0.452. The molecule has 1 aromatic rings. The standard InChI is InChI=1S/C15H26N4O2/c1-5-19(6-2)14(20)9-10-17-13-8-7-12(16)15(18-13)21-11(3)4/h7-8,11H,5-6,9-10,16H2,1-4H3,(H,17,18). The number of aromatic nitrogens is 1. The number of hydrogen-bond donors (Lipinski definition) is 2. The van der Waals surface area contributed by atoms with E-state index >= 15 is 0 Å². The first-order chi connectivity index (χ1) is 9.97. The second-order valence-corrected chi connectivity index (χ2v) is 5.00. The van der Waals surface area contributed by atoms with Gasteiger partial charge in [-0.05, 0) is 39.8 Å². The molecule has 0 atom stereocenters. The van der Waals surface area contributed by atoms with Crippen molar-refractivity contribution >= 4 is 17.4 Å². The highest BCUT2D eigenvalue weighted by Gasteiger charge is 2.10. The van der Waals surface area contributed by atoms with Crippen molar-refractivity contribution in [3.8, 4) is 5.88 Å². The lowest BCUT2D eigenvalue weighted by atomic mass is 10.3.